The Balaban J connectivity index is 2.02. The molecule has 0 bridgehead atoms. The van der Waals surface area contributed by atoms with Gasteiger partial charge in [-0.3, -0.25) is 0 Å². The van der Waals surface area contributed by atoms with E-state index in [1.165, 1.54) is 12.8 Å². The molecule has 16 heavy (non-hydrogen) atoms. The molecule has 1 saturated carbocycles. The van der Waals surface area contributed by atoms with Crippen LogP contribution < -0.4 is 5.32 Å². The average Bonchev–Trinajstić information content (AvgIpc) is 2.45. The number of nitrogens with one attached hydrogen (secondary N) is 1. The molecule has 4 heteroatoms. The standard InChI is InChI=1S/C12H19N3O/c1-9-13-8-7-12(14-9)15-10-5-3-2-4-6-11(10)16/h7-8,10-11,16H,2-6H2,1H3,(H,13,14,15). The number of rotatable bonds is 2. The molecule has 4 nitrogen and oxygen atoms in total. The molecule has 0 aromatic carbocycles. The second kappa shape index (κ2) is 5.25. The summed E-state index contributed by atoms with van der Waals surface area (Å²) in [5, 5.41) is 13.3. The van der Waals surface area contributed by atoms with Crippen LogP contribution in [0, 0.1) is 6.92 Å². The van der Waals surface area contributed by atoms with Gasteiger partial charge in [-0.1, -0.05) is 19.3 Å². The van der Waals surface area contributed by atoms with E-state index in [1.54, 1.807) is 6.20 Å². The molecule has 1 fully saturated rings. The Labute approximate surface area is 96.1 Å². The molecule has 0 radical (unpaired) electrons. The van der Waals surface area contributed by atoms with Crippen LogP contribution >= 0.6 is 0 Å². The number of nitrogens with zero attached hydrogens (tertiary/aromatic N) is 2. The summed E-state index contributed by atoms with van der Waals surface area (Å²) in [6.07, 6.45) is 6.93. The Morgan fingerprint density at radius 1 is 1.31 bits per heavy atom. The lowest BCUT2D eigenvalue weighted by Crippen LogP contribution is -2.32. The lowest BCUT2D eigenvalue weighted by atomic mass is 10.1. The van der Waals surface area contributed by atoms with Crippen molar-refractivity contribution in [1.82, 2.24) is 9.97 Å². The van der Waals surface area contributed by atoms with Crippen LogP contribution in [0.2, 0.25) is 0 Å². The lowest BCUT2D eigenvalue weighted by Gasteiger charge is -2.22. The molecule has 1 aliphatic carbocycles. The van der Waals surface area contributed by atoms with Gasteiger partial charge >= 0.3 is 0 Å². The van der Waals surface area contributed by atoms with Crippen LogP contribution in [0.5, 0.6) is 0 Å². The van der Waals surface area contributed by atoms with Gasteiger partial charge in [-0.2, -0.15) is 0 Å². The Bertz CT molecular complexity index is 343. The summed E-state index contributed by atoms with van der Waals surface area (Å²) < 4.78 is 0. The first-order valence-electron chi connectivity index (χ1n) is 6.00. The van der Waals surface area contributed by atoms with Crippen LogP contribution in [0.25, 0.3) is 0 Å². The summed E-state index contributed by atoms with van der Waals surface area (Å²) in [6.45, 7) is 1.87. The van der Waals surface area contributed by atoms with E-state index in [-0.39, 0.29) is 12.1 Å². The van der Waals surface area contributed by atoms with Gasteiger partial charge < -0.3 is 10.4 Å². The van der Waals surface area contributed by atoms with Gasteiger partial charge in [0.15, 0.2) is 0 Å². The highest BCUT2D eigenvalue weighted by Gasteiger charge is 2.21. The largest absolute Gasteiger partial charge is 0.391 e. The molecule has 1 aromatic heterocycles. The van der Waals surface area contributed by atoms with Crippen molar-refractivity contribution in [2.75, 3.05) is 5.32 Å². The average molecular weight is 221 g/mol. The third kappa shape index (κ3) is 2.92. The molecule has 0 aliphatic heterocycles. The van der Waals surface area contributed by atoms with Crippen molar-refractivity contribution in [3.8, 4) is 0 Å². The number of hydrogen-bond acceptors (Lipinski definition) is 4. The molecule has 1 aliphatic rings. The molecule has 1 aromatic rings. The first-order valence-corrected chi connectivity index (χ1v) is 6.00. The number of aromatic nitrogens is 2. The summed E-state index contributed by atoms with van der Waals surface area (Å²) in [7, 11) is 0. The van der Waals surface area contributed by atoms with E-state index in [2.05, 4.69) is 15.3 Å². The van der Waals surface area contributed by atoms with Crippen molar-refractivity contribution < 1.29 is 5.11 Å². The monoisotopic (exact) mass is 221 g/mol. The molecule has 1 heterocycles. The first-order chi connectivity index (χ1) is 7.75. The van der Waals surface area contributed by atoms with Crippen molar-refractivity contribution >= 4 is 5.82 Å². The van der Waals surface area contributed by atoms with Gasteiger partial charge in [0.2, 0.25) is 0 Å². The Kier molecular flexibility index (Phi) is 3.72. The number of hydrogen-bond donors (Lipinski definition) is 2. The van der Waals surface area contributed by atoms with Crippen LogP contribution in [-0.4, -0.2) is 27.2 Å². The second-order valence-electron chi connectivity index (χ2n) is 4.45. The predicted octanol–water partition coefficient (Wildman–Crippen LogP) is 1.89. The predicted molar refractivity (Wildman–Crippen MR) is 63.3 cm³/mol. The Morgan fingerprint density at radius 3 is 2.94 bits per heavy atom. The van der Waals surface area contributed by atoms with E-state index in [4.69, 9.17) is 0 Å². The van der Waals surface area contributed by atoms with Gasteiger partial charge in [0.1, 0.15) is 11.6 Å². The third-order valence-corrected chi connectivity index (χ3v) is 3.09. The summed E-state index contributed by atoms with van der Waals surface area (Å²) >= 11 is 0. The zero-order chi connectivity index (χ0) is 11.4. The van der Waals surface area contributed by atoms with E-state index in [1.807, 2.05) is 13.0 Å². The van der Waals surface area contributed by atoms with Crippen LogP contribution in [0.3, 0.4) is 0 Å². The van der Waals surface area contributed by atoms with Crippen LogP contribution in [-0.2, 0) is 0 Å². The van der Waals surface area contributed by atoms with Crippen LogP contribution in [0.4, 0.5) is 5.82 Å². The van der Waals surface area contributed by atoms with Crippen molar-refractivity contribution in [1.29, 1.82) is 0 Å². The van der Waals surface area contributed by atoms with Crippen molar-refractivity contribution in [3.63, 3.8) is 0 Å². The minimum Gasteiger partial charge on any atom is -0.391 e. The molecule has 2 N–H and O–H groups in total. The molecule has 2 unspecified atom stereocenters. The maximum atomic E-state index is 9.97. The molecular weight excluding hydrogens is 202 g/mol. The molecular formula is C12H19N3O. The Morgan fingerprint density at radius 2 is 2.12 bits per heavy atom. The van der Waals surface area contributed by atoms with E-state index in [0.717, 1.165) is 30.9 Å². The van der Waals surface area contributed by atoms with Gasteiger partial charge in [0.05, 0.1) is 12.1 Å². The molecule has 2 rings (SSSR count). The molecule has 0 saturated heterocycles. The highest BCUT2D eigenvalue weighted by molar-refractivity contribution is 5.34. The van der Waals surface area contributed by atoms with Crippen molar-refractivity contribution in [2.24, 2.45) is 0 Å². The van der Waals surface area contributed by atoms with Crippen molar-refractivity contribution in [2.45, 2.75) is 51.2 Å². The SMILES string of the molecule is Cc1nccc(NC2CCCCCC2O)n1. The zero-order valence-corrected chi connectivity index (χ0v) is 9.69. The molecule has 0 amide bonds. The molecule has 2 atom stereocenters. The Hall–Kier alpha value is -1.16. The summed E-state index contributed by atoms with van der Waals surface area (Å²) in [5.41, 5.74) is 0. The maximum Gasteiger partial charge on any atom is 0.129 e. The van der Waals surface area contributed by atoms with Crippen LogP contribution in [0.15, 0.2) is 12.3 Å². The summed E-state index contributed by atoms with van der Waals surface area (Å²) in [4.78, 5) is 8.36. The summed E-state index contributed by atoms with van der Waals surface area (Å²) in [6, 6.07) is 1.99. The van der Waals surface area contributed by atoms with E-state index >= 15 is 0 Å². The highest BCUT2D eigenvalue weighted by atomic mass is 16.3. The normalized spacial score (nSPS) is 26.1. The fourth-order valence-corrected chi connectivity index (χ4v) is 2.18. The third-order valence-electron chi connectivity index (χ3n) is 3.09. The lowest BCUT2D eigenvalue weighted by molar-refractivity contribution is 0.144. The number of aliphatic hydroxyl groups excluding tert-OH is 1. The molecule has 0 spiro atoms. The number of anilines is 1. The fraction of sp³-hybridized carbons (Fsp3) is 0.667. The van der Waals surface area contributed by atoms with Gasteiger partial charge in [-0.25, -0.2) is 9.97 Å². The first kappa shape index (κ1) is 11.3. The van der Waals surface area contributed by atoms with Gasteiger partial charge in [0, 0.05) is 6.20 Å². The van der Waals surface area contributed by atoms with E-state index < -0.39 is 0 Å². The van der Waals surface area contributed by atoms with Gasteiger partial charge in [-0.05, 0) is 25.8 Å². The van der Waals surface area contributed by atoms with Gasteiger partial charge in [-0.15, -0.1) is 0 Å². The topological polar surface area (TPSA) is 58.0 Å². The van der Waals surface area contributed by atoms with Gasteiger partial charge in [0.25, 0.3) is 0 Å². The van der Waals surface area contributed by atoms with Crippen molar-refractivity contribution in [3.05, 3.63) is 18.1 Å². The van der Waals surface area contributed by atoms with E-state index in [9.17, 15) is 5.11 Å². The minimum absolute atomic E-state index is 0.136. The quantitative estimate of drug-likeness (QED) is 0.749. The fourth-order valence-electron chi connectivity index (χ4n) is 2.18. The van der Waals surface area contributed by atoms with Crippen LogP contribution in [0.1, 0.15) is 37.9 Å². The zero-order valence-electron chi connectivity index (χ0n) is 9.69. The number of aliphatic hydroxyl groups is 1. The maximum absolute atomic E-state index is 9.97. The van der Waals surface area contributed by atoms with E-state index in [0.29, 0.717) is 0 Å². The summed E-state index contributed by atoms with van der Waals surface area (Å²) in [5.74, 6) is 1.58. The molecule has 88 valence electrons. The number of aryl methyl sites for hydroxylation is 1. The second-order valence-corrected chi connectivity index (χ2v) is 4.45. The minimum atomic E-state index is -0.252. The smallest absolute Gasteiger partial charge is 0.129 e. The highest BCUT2D eigenvalue weighted by Crippen LogP contribution is 2.20.